The Labute approximate surface area is 97.9 Å². The third-order valence-electron chi connectivity index (χ3n) is 3.48. The van der Waals surface area contributed by atoms with E-state index in [1.165, 1.54) is 30.6 Å². The molecular formula is C13H23NS. The molecular weight excluding hydrogens is 202 g/mol. The predicted octanol–water partition coefficient (Wildman–Crippen LogP) is 3.85. The molecule has 0 fully saturated rings. The van der Waals surface area contributed by atoms with Gasteiger partial charge < -0.3 is 5.32 Å². The molecule has 0 aromatic carbocycles. The van der Waals surface area contributed by atoms with E-state index in [1.807, 2.05) is 11.3 Å². The molecule has 1 rings (SSSR count). The van der Waals surface area contributed by atoms with E-state index in [2.05, 4.69) is 43.6 Å². The summed E-state index contributed by atoms with van der Waals surface area (Å²) in [7, 11) is 0. The first-order valence-corrected chi connectivity index (χ1v) is 6.91. The highest BCUT2D eigenvalue weighted by Gasteiger charge is 2.22. The molecule has 0 spiro atoms. The lowest BCUT2D eigenvalue weighted by molar-refractivity contribution is 0.293. The van der Waals surface area contributed by atoms with Crippen LogP contribution in [0.15, 0.2) is 17.5 Å². The summed E-state index contributed by atoms with van der Waals surface area (Å²) in [6.45, 7) is 7.96. The van der Waals surface area contributed by atoms with E-state index in [0.29, 0.717) is 5.54 Å². The predicted molar refractivity (Wildman–Crippen MR) is 69.6 cm³/mol. The van der Waals surface area contributed by atoms with Gasteiger partial charge in [-0.15, -0.1) is 11.3 Å². The first-order chi connectivity index (χ1) is 7.26. The standard InChI is InChI=1S/C13H23NS/c1-4-13(5-2,6-3)14-10-9-12-8-7-11-15-12/h7-8,11,14H,4-6,9-10H2,1-3H3. The van der Waals surface area contributed by atoms with Crippen LogP contribution in [-0.4, -0.2) is 12.1 Å². The fourth-order valence-corrected chi connectivity index (χ4v) is 2.74. The molecule has 86 valence electrons. The number of hydrogen-bond donors (Lipinski definition) is 1. The Hall–Kier alpha value is -0.340. The highest BCUT2D eigenvalue weighted by atomic mass is 32.1. The van der Waals surface area contributed by atoms with Crippen LogP contribution in [0, 0.1) is 0 Å². The molecule has 0 bridgehead atoms. The molecule has 0 saturated heterocycles. The van der Waals surface area contributed by atoms with Gasteiger partial charge in [-0.3, -0.25) is 0 Å². The van der Waals surface area contributed by atoms with E-state index in [0.717, 1.165) is 6.54 Å². The third kappa shape index (κ3) is 3.62. The Morgan fingerprint density at radius 3 is 2.33 bits per heavy atom. The minimum atomic E-state index is 0.372. The van der Waals surface area contributed by atoms with Gasteiger partial charge in [0.25, 0.3) is 0 Å². The van der Waals surface area contributed by atoms with Gasteiger partial charge in [-0.05, 0) is 37.1 Å². The summed E-state index contributed by atoms with van der Waals surface area (Å²) in [5, 5.41) is 5.88. The van der Waals surface area contributed by atoms with Gasteiger partial charge in [-0.1, -0.05) is 26.8 Å². The smallest absolute Gasteiger partial charge is 0.0173 e. The van der Waals surface area contributed by atoms with Crippen LogP contribution in [0.4, 0.5) is 0 Å². The van der Waals surface area contributed by atoms with Crippen molar-refractivity contribution in [2.75, 3.05) is 6.54 Å². The lowest BCUT2D eigenvalue weighted by atomic mass is 9.90. The Morgan fingerprint density at radius 1 is 1.20 bits per heavy atom. The van der Waals surface area contributed by atoms with Gasteiger partial charge in [0.1, 0.15) is 0 Å². The molecule has 0 aliphatic heterocycles. The van der Waals surface area contributed by atoms with E-state index in [4.69, 9.17) is 0 Å². The summed E-state index contributed by atoms with van der Waals surface area (Å²) in [6, 6.07) is 4.35. The van der Waals surface area contributed by atoms with E-state index in [9.17, 15) is 0 Å². The van der Waals surface area contributed by atoms with Crippen LogP contribution in [0.25, 0.3) is 0 Å². The Kier molecular flexibility index (Phi) is 5.34. The first kappa shape index (κ1) is 12.7. The molecule has 2 heteroatoms. The third-order valence-corrected chi connectivity index (χ3v) is 4.42. The van der Waals surface area contributed by atoms with Crippen molar-refractivity contribution in [2.45, 2.75) is 52.0 Å². The lowest BCUT2D eigenvalue weighted by Crippen LogP contribution is -2.44. The molecule has 0 aliphatic carbocycles. The van der Waals surface area contributed by atoms with Crippen LogP contribution in [-0.2, 0) is 6.42 Å². The monoisotopic (exact) mass is 225 g/mol. The second-order valence-electron chi connectivity index (χ2n) is 4.10. The summed E-state index contributed by atoms with van der Waals surface area (Å²) in [5.74, 6) is 0. The van der Waals surface area contributed by atoms with Crippen LogP contribution in [0.3, 0.4) is 0 Å². The zero-order valence-electron chi connectivity index (χ0n) is 10.2. The van der Waals surface area contributed by atoms with Crippen LogP contribution < -0.4 is 5.32 Å². The van der Waals surface area contributed by atoms with Gasteiger partial charge in [0.05, 0.1) is 0 Å². The topological polar surface area (TPSA) is 12.0 Å². The van der Waals surface area contributed by atoms with Crippen molar-refractivity contribution >= 4 is 11.3 Å². The maximum absolute atomic E-state index is 3.73. The molecule has 1 heterocycles. The maximum atomic E-state index is 3.73. The van der Waals surface area contributed by atoms with Gasteiger partial charge >= 0.3 is 0 Å². The van der Waals surface area contributed by atoms with Crippen molar-refractivity contribution in [1.29, 1.82) is 0 Å². The van der Waals surface area contributed by atoms with Gasteiger partial charge in [0, 0.05) is 17.0 Å². The van der Waals surface area contributed by atoms with Gasteiger partial charge in [-0.25, -0.2) is 0 Å². The molecule has 0 radical (unpaired) electrons. The SMILES string of the molecule is CCC(CC)(CC)NCCc1cccs1. The van der Waals surface area contributed by atoms with Crippen LogP contribution in [0.5, 0.6) is 0 Å². The van der Waals surface area contributed by atoms with Crippen molar-refractivity contribution in [3.05, 3.63) is 22.4 Å². The van der Waals surface area contributed by atoms with E-state index < -0.39 is 0 Å². The van der Waals surface area contributed by atoms with E-state index >= 15 is 0 Å². The zero-order valence-corrected chi connectivity index (χ0v) is 11.0. The normalized spacial score (nSPS) is 11.9. The van der Waals surface area contributed by atoms with Crippen LogP contribution >= 0.6 is 11.3 Å². The highest BCUT2D eigenvalue weighted by molar-refractivity contribution is 7.09. The van der Waals surface area contributed by atoms with Crippen LogP contribution in [0.1, 0.15) is 44.9 Å². The summed E-state index contributed by atoms with van der Waals surface area (Å²) in [5.41, 5.74) is 0.372. The molecule has 1 nitrogen and oxygen atoms in total. The van der Waals surface area contributed by atoms with Crippen molar-refractivity contribution in [3.8, 4) is 0 Å². The quantitative estimate of drug-likeness (QED) is 0.743. The molecule has 15 heavy (non-hydrogen) atoms. The van der Waals surface area contributed by atoms with Crippen molar-refractivity contribution < 1.29 is 0 Å². The molecule has 1 N–H and O–H groups in total. The number of nitrogens with one attached hydrogen (secondary N) is 1. The summed E-state index contributed by atoms with van der Waals surface area (Å²) in [4.78, 5) is 1.49. The molecule has 1 aromatic heterocycles. The molecule has 0 aliphatic rings. The maximum Gasteiger partial charge on any atom is 0.0173 e. The molecule has 0 saturated carbocycles. The molecule has 0 atom stereocenters. The fraction of sp³-hybridized carbons (Fsp3) is 0.692. The Bertz CT molecular complexity index is 241. The van der Waals surface area contributed by atoms with Crippen molar-refractivity contribution in [3.63, 3.8) is 0 Å². The minimum Gasteiger partial charge on any atom is -0.311 e. The molecule has 0 amide bonds. The van der Waals surface area contributed by atoms with Crippen molar-refractivity contribution in [1.82, 2.24) is 5.32 Å². The van der Waals surface area contributed by atoms with Gasteiger partial charge in [0.15, 0.2) is 0 Å². The number of thiophene rings is 1. The lowest BCUT2D eigenvalue weighted by Gasteiger charge is -2.32. The molecule has 1 aromatic rings. The average Bonchev–Trinajstić information content (AvgIpc) is 2.78. The summed E-state index contributed by atoms with van der Waals surface area (Å²) < 4.78 is 0. The van der Waals surface area contributed by atoms with Crippen molar-refractivity contribution in [2.24, 2.45) is 0 Å². The summed E-state index contributed by atoms with van der Waals surface area (Å²) >= 11 is 1.86. The second-order valence-corrected chi connectivity index (χ2v) is 5.13. The Balaban J connectivity index is 2.34. The van der Waals surface area contributed by atoms with E-state index in [-0.39, 0.29) is 0 Å². The zero-order chi connectivity index (χ0) is 11.1. The largest absolute Gasteiger partial charge is 0.311 e. The minimum absolute atomic E-state index is 0.372. The van der Waals surface area contributed by atoms with Crippen LogP contribution in [0.2, 0.25) is 0 Å². The van der Waals surface area contributed by atoms with E-state index in [1.54, 1.807) is 0 Å². The highest BCUT2D eigenvalue weighted by Crippen LogP contribution is 2.19. The molecule has 0 unspecified atom stereocenters. The van der Waals surface area contributed by atoms with Gasteiger partial charge in [-0.2, -0.15) is 0 Å². The first-order valence-electron chi connectivity index (χ1n) is 6.03. The van der Waals surface area contributed by atoms with Gasteiger partial charge in [0.2, 0.25) is 0 Å². The number of hydrogen-bond acceptors (Lipinski definition) is 2. The number of rotatable bonds is 7. The average molecular weight is 225 g/mol. The Morgan fingerprint density at radius 2 is 1.87 bits per heavy atom. The summed E-state index contributed by atoms with van der Waals surface area (Å²) in [6.07, 6.45) is 4.85. The second kappa shape index (κ2) is 6.29. The fourth-order valence-electron chi connectivity index (χ4n) is 2.03.